The number of halogens is 2. The van der Waals surface area contributed by atoms with Crippen molar-refractivity contribution in [1.29, 1.82) is 0 Å². The van der Waals surface area contributed by atoms with Gasteiger partial charge in [0.15, 0.2) is 0 Å². The van der Waals surface area contributed by atoms with Crippen LogP contribution in [0, 0.1) is 11.3 Å². The predicted molar refractivity (Wildman–Crippen MR) is 68.4 cm³/mol. The van der Waals surface area contributed by atoms with Gasteiger partial charge in [0.2, 0.25) is 0 Å². The van der Waals surface area contributed by atoms with Crippen LogP contribution in [0.2, 0.25) is 0 Å². The largest absolute Gasteiger partial charge is 0.216 e. The summed E-state index contributed by atoms with van der Waals surface area (Å²) < 4.78 is 13.0. The zero-order valence-electron chi connectivity index (χ0n) is 9.32. The molecule has 0 radical (unpaired) electrons. The van der Waals surface area contributed by atoms with Gasteiger partial charge in [0, 0.05) is 3.92 Å². The molecule has 1 aliphatic rings. The second-order valence-corrected chi connectivity index (χ2v) is 6.17. The zero-order valence-corrected chi connectivity index (χ0v) is 11.5. The Balaban J connectivity index is 2.56. The molecule has 1 fully saturated rings. The van der Waals surface area contributed by atoms with E-state index in [1.54, 1.807) is 0 Å². The lowest BCUT2D eigenvalue weighted by atomic mass is 9.83. The lowest BCUT2D eigenvalue weighted by molar-refractivity contribution is 0.321. The van der Waals surface area contributed by atoms with Gasteiger partial charge in [-0.25, -0.2) is 4.39 Å². The van der Waals surface area contributed by atoms with Gasteiger partial charge < -0.3 is 0 Å². The van der Waals surface area contributed by atoms with Crippen molar-refractivity contribution in [1.82, 2.24) is 0 Å². The summed E-state index contributed by atoms with van der Waals surface area (Å²) in [6.45, 7) is 6.42. The van der Waals surface area contributed by atoms with Gasteiger partial charge in [-0.3, -0.25) is 0 Å². The fraction of sp³-hybridized carbons (Fsp3) is 0.833. The molecular formula is C12H20FI. The fourth-order valence-electron chi connectivity index (χ4n) is 2.40. The van der Waals surface area contributed by atoms with Crippen molar-refractivity contribution in [3.8, 4) is 0 Å². The Bertz CT molecular complexity index is 218. The second-order valence-electron chi connectivity index (χ2n) is 4.67. The molecule has 0 nitrogen and oxygen atoms in total. The zero-order chi connectivity index (χ0) is 10.8. The predicted octanol–water partition coefficient (Wildman–Crippen LogP) is 4.88. The van der Waals surface area contributed by atoms with Crippen LogP contribution in [0.5, 0.6) is 0 Å². The monoisotopic (exact) mass is 310 g/mol. The average Bonchev–Trinajstić information content (AvgIpc) is 2.97. The van der Waals surface area contributed by atoms with Crippen molar-refractivity contribution in [3.05, 3.63) is 11.9 Å². The summed E-state index contributed by atoms with van der Waals surface area (Å²) in [6, 6.07) is 0. The van der Waals surface area contributed by atoms with Gasteiger partial charge in [-0.1, -0.05) is 36.4 Å². The van der Waals surface area contributed by atoms with Gasteiger partial charge >= 0.3 is 0 Å². The van der Waals surface area contributed by atoms with Gasteiger partial charge in [0.25, 0.3) is 0 Å². The highest BCUT2D eigenvalue weighted by atomic mass is 127. The molecule has 0 heterocycles. The SMILES string of the molecule is CCC(I)C1(C(C)C/C(C)=C/F)CC1. The van der Waals surface area contributed by atoms with Crippen LogP contribution in [0.25, 0.3) is 0 Å². The summed E-state index contributed by atoms with van der Waals surface area (Å²) >= 11 is 2.57. The maximum atomic E-state index is 12.3. The Morgan fingerprint density at radius 2 is 2.14 bits per heavy atom. The normalized spacial score (nSPS) is 24.5. The first kappa shape index (κ1) is 12.5. The van der Waals surface area contributed by atoms with Gasteiger partial charge in [0.1, 0.15) is 0 Å². The summed E-state index contributed by atoms with van der Waals surface area (Å²) in [5.41, 5.74) is 1.42. The number of hydrogen-bond donors (Lipinski definition) is 0. The van der Waals surface area contributed by atoms with E-state index < -0.39 is 0 Å². The first-order valence-electron chi connectivity index (χ1n) is 5.46. The van der Waals surface area contributed by atoms with Gasteiger partial charge in [-0.2, -0.15) is 0 Å². The van der Waals surface area contributed by atoms with Crippen molar-refractivity contribution >= 4 is 22.6 Å². The van der Waals surface area contributed by atoms with E-state index in [4.69, 9.17) is 0 Å². The maximum Gasteiger partial charge on any atom is 0.0856 e. The number of alkyl halides is 1. The number of hydrogen-bond acceptors (Lipinski definition) is 0. The molecule has 0 amide bonds. The highest BCUT2D eigenvalue weighted by Crippen LogP contribution is 2.59. The van der Waals surface area contributed by atoms with Crippen LogP contribution in [0.1, 0.15) is 46.5 Å². The third kappa shape index (κ3) is 2.50. The molecule has 0 aromatic heterocycles. The van der Waals surface area contributed by atoms with Crippen LogP contribution >= 0.6 is 22.6 Å². The lowest BCUT2D eigenvalue weighted by Gasteiger charge is -2.28. The third-order valence-corrected chi connectivity index (χ3v) is 5.73. The van der Waals surface area contributed by atoms with Crippen LogP contribution < -0.4 is 0 Å². The topological polar surface area (TPSA) is 0 Å². The molecule has 2 heteroatoms. The van der Waals surface area contributed by atoms with Crippen molar-refractivity contribution in [2.45, 2.75) is 50.4 Å². The van der Waals surface area contributed by atoms with Crippen LogP contribution in [-0.4, -0.2) is 3.92 Å². The molecule has 0 N–H and O–H groups in total. The molecule has 2 unspecified atom stereocenters. The Kier molecular flexibility index (Phi) is 4.41. The Labute approximate surface area is 100 Å². The highest BCUT2D eigenvalue weighted by Gasteiger charge is 2.51. The van der Waals surface area contributed by atoms with E-state index in [2.05, 4.69) is 36.4 Å². The minimum absolute atomic E-state index is 0.527. The minimum Gasteiger partial charge on any atom is -0.216 e. The van der Waals surface area contributed by atoms with E-state index in [0.717, 1.165) is 22.2 Å². The van der Waals surface area contributed by atoms with E-state index in [-0.39, 0.29) is 0 Å². The Morgan fingerprint density at radius 1 is 1.57 bits per heavy atom. The molecule has 0 aromatic rings. The average molecular weight is 310 g/mol. The molecule has 2 atom stereocenters. The molecule has 0 saturated heterocycles. The summed E-state index contributed by atoms with van der Waals surface area (Å²) in [6.07, 6.45) is 5.62. The minimum atomic E-state index is 0.527. The third-order valence-electron chi connectivity index (χ3n) is 3.61. The van der Waals surface area contributed by atoms with Crippen LogP contribution in [0.15, 0.2) is 11.9 Å². The van der Waals surface area contributed by atoms with Crippen LogP contribution in [0.4, 0.5) is 4.39 Å². The van der Waals surface area contributed by atoms with E-state index in [0.29, 0.717) is 11.3 Å². The summed E-state index contributed by atoms with van der Waals surface area (Å²) in [7, 11) is 0. The molecule has 1 saturated carbocycles. The first-order chi connectivity index (χ1) is 6.56. The summed E-state index contributed by atoms with van der Waals surface area (Å²) in [5.74, 6) is 0.636. The molecule has 0 aromatic carbocycles. The molecule has 0 aliphatic heterocycles. The molecule has 82 valence electrons. The second kappa shape index (κ2) is 4.95. The Morgan fingerprint density at radius 3 is 2.50 bits per heavy atom. The fourth-order valence-corrected chi connectivity index (χ4v) is 3.63. The van der Waals surface area contributed by atoms with Crippen molar-refractivity contribution in [2.75, 3.05) is 0 Å². The standard InChI is InChI=1S/C12H20FI/c1-4-11(14)12(5-6-12)10(3)7-9(2)8-13/h8,10-11H,4-7H2,1-3H3/b9-8+. The molecule has 1 aliphatic carbocycles. The number of allylic oxidation sites excluding steroid dienone is 1. The van der Waals surface area contributed by atoms with Crippen molar-refractivity contribution in [2.24, 2.45) is 11.3 Å². The van der Waals surface area contributed by atoms with Crippen LogP contribution in [0.3, 0.4) is 0 Å². The van der Waals surface area contributed by atoms with Crippen LogP contribution in [-0.2, 0) is 0 Å². The number of rotatable bonds is 5. The van der Waals surface area contributed by atoms with Gasteiger partial charge in [-0.05, 0) is 49.5 Å². The van der Waals surface area contributed by atoms with Crippen molar-refractivity contribution in [3.63, 3.8) is 0 Å². The van der Waals surface area contributed by atoms with Gasteiger partial charge in [-0.15, -0.1) is 0 Å². The quantitative estimate of drug-likeness (QED) is 0.501. The Hall–Kier alpha value is 0.400. The van der Waals surface area contributed by atoms with E-state index >= 15 is 0 Å². The highest BCUT2D eigenvalue weighted by molar-refractivity contribution is 14.1. The molecule has 0 spiro atoms. The van der Waals surface area contributed by atoms with E-state index in [1.165, 1.54) is 19.3 Å². The van der Waals surface area contributed by atoms with E-state index in [1.807, 2.05) is 6.92 Å². The molecule has 1 rings (SSSR count). The first-order valence-corrected chi connectivity index (χ1v) is 6.71. The smallest absolute Gasteiger partial charge is 0.0856 e. The maximum absolute atomic E-state index is 12.3. The van der Waals surface area contributed by atoms with Crippen molar-refractivity contribution < 1.29 is 4.39 Å². The molecule has 0 bridgehead atoms. The summed E-state index contributed by atoms with van der Waals surface area (Å²) in [5, 5.41) is 0. The van der Waals surface area contributed by atoms with Gasteiger partial charge in [0.05, 0.1) is 6.33 Å². The molecule has 14 heavy (non-hydrogen) atoms. The van der Waals surface area contributed by atoms with E-state index in [9.17, 15) is 4.39 Å². The summed E-state index contributed by atoms with van der Waals surface area (Å²) in [4.78, 5) is 0. The molecular weight excluding hydrogens is 290 g/mol. The lowest BCUT2D eigenvalue weighted by Crippen LogP contribution is -2.23.